The Bertz CT molecular complexity index is 885. The number of hydrogen-bond acceptors (Lipinski definition) is 6. The number of aliphatic hydroxyl groups is 1. The minimum Gasteiger partial charge on any atom is -0.465 e. The Balaban J connectivity index is 1.75. The van der Waals surface area contributed by atoms with Crippen molar-refractivity contribution in [3.63, 3.8) is 0 Å². The molecule has 36 heavy (non-hydrogen) atoms. The second-order valence-corrected chi connectivity index (χ2v) is 12.9. The van der Waals surface area contributed by atoms with E-state index in [1.54, 1.807) is 28.8 Å². The molecule has 200 valence electrons. The van der Waals surface area contributed by atoms with Crippen LogP contribution in [0.15, 0.2) is 25.3 Å². The molecule has 4 fully saturated rings. The predicted octanol–water partition coefficient (Wildman–Crippen LogP) is 3.71. The van der Waals surface area contributed by atoms with Gasteiger partial charge in [-0.2, -0.15) is 0 Å². The molecule has 3 aliphatic heterocycles. The lowest BCUT2D eigenvalue weighted by Crippen LogP contribution is -2.59. The zero-order valence-electron chi connectivity index (χ0n) is 21.8. The first-order chi connectivity index (χ1) is 17.3. The van der Waals surface area contributed by atoms with Crippen molar-refractivity contribution in [1.29, 1.82) is 0 Å². The minimum atomic E-state index is -0.702. The number of rotatable bonds is 11. The number of ether oxygens (including phenoxy) is 1. The Morgan fingerprint density at radius 2 is 1.97 bits per heavy atom. The van der Waals surface area contributed by atoms with Crippen molar-refractivity contribution < 1.29 is 24.2 Å². The quantitative estimate of drug-likeness (QED) is 0.255. The van der Waals surface area contributed by atoms with Gasteiger partial charge in [0, 0.05) is 17.3 Å². The van der Waals surface area contributed by atoms with E-state index in [4.69, 9.17) is 4.74 Å². The van der Waals surface area contributed by atoms with Gasteiger partial charge in [-0.05, 0) is 45.4 Å². The zero-order chi connectivity index (χ0) is 26.1. The molecule has 6 atom stereocenters. The van der Waals surface area contributed by atoms with E-state index in [-0.39, 0.29) is 37.0 Å². The lowest BCUT2D eigenvalue weighted by atomic mass is 9.66. The Hall–Kier alpha value is -1.80. The fourth-order valence-corrected chi connectivity index (χ4v) is 9.57. The van der Waals surface area contributed by atoms with Crippen molar-refractivity contribution in [2.45, 2.75) is 99.3 Å². The normalized spacial score (nSPS) is 34.4. The van der Waals surface area contributed by atoms with E-state index in [9.17, 15) is 19.5 Å². The molecule has 3 saturated heterocycles. The highest BCUT2D eigenvalue weighted by Crippen LogP contribution is 2.71. The van der Waals surface area contributed by atoms with Crippen LogP contribution in [0.4, 0.5) is 0 Å². The molecular formula is C28H42N2O5S. The SMILES string of the molecule is C=CCCOC(=O)[C@@H]1[C@H]2C(=O)N([C@@H](CC)CO)C(C(=O)N(CC=C)C3CCCCC3)C23CC[C@@]1(C)S3. The maximum atomic E-state index is 14.5. The van der Waals surface area contributed by atoms with E-state index in [2.05, 4.69) is 20.1 Å². The summed E-state index contributed by atoms with van der Waals surface area (Å²) in [6.45, 7) is 12.0. The van der Waals surface area contributed by atoms with Crippen LogP contribution in [-0.2, 0) is 19.1 Å². The van der Waals surface area contributed by atoms with Gasteiger partial charge in [-0.3, -0.25) is 14.4 Å². The highest BCUT2D eigenvalue weighted by Gasteiger charge is 2.78. The van der Waals surface area contributed by atoms with Gasteiger partial charge in [0.15, 0.2) is 0 Å². The van der Waals surface area contributed by atoms with Gasteiger partial charge in [0.25, 0.3) is 0 Å². The van der Waals surface area contributed by atoms with Crippen molar-refractivity contribution in [3.05, 3.63) is 25.3 Å². The first-order valence-corrected chi connectivity index (χ1v) is 14.4. The van der Waals surface area contributed by atoms with Crippen molar-refractivity contribution in [1.82, 2.24) is 9.80 Å². The van der Waals surface area contributed by atoms with Gasteiger partial charge in [-0.15, -0.1) is 24.9 Å². The van der Waals surface area contributed by atoms with Crippen LogP contribution in [0.5, 0.6) is 0 Å². The number of esters is 1. The fourth-order valence-electron chi connectivity index (χ4n) is 7.25. The molecule has 4 rings (SSSR count). The number of fused-ring (bicyclic) bond motifs is 1. The maximum Gasteiger partial charge on any atom is 0.311 e. The summed E-state index contributed by atoms with van der Waals surface area (Å²) >= 11 is 1.65. The third-order valence-corrected chi connectivity index (χ3v) is 11.0. The largest absolute Gasteiger partial charge is 0.465 e. The first kappa shape index (κ1) is 27.2. The van der Waals surface area contributed by atoms with Crippen LogP contribution in [0.25, 0.3) is 0 Å². The number of likely N-dealkylation sites (tertiary alicyclic amines) is 1. The molecular weight excluding hydrogens is 476 g/mol. The van der Waals surface area contributed by atoms with Gasteiger partial charge in [0.2, 0.25) is 11.8 Å². The summed E-state index contributed by atoms with van der Waals surface area (Å²) < 4.78 is 4.46. The molecule has 7 nitrogen and oxygen atoms in total. The number of carbonyl (C=O) groups is 3. The number of amides is 2. The third kappa shape index (κ3) is 4.32. The molecule has 2 bridgehead atoms. The van der Waals surface area contributed by atoms with Gasteiger partial charge < -0.3 is 19.6 Å². The molecule has 2 unspecified atom stereocenters. The van der Waals surface area contributed by atoms with Crippen LogP contribution in [0.2, 0.25) is 0 Å². The Morgan fingerprint density at radius 1 is 1.25 bits per heavy atom. The monoisotopic (exact) mass is 518 g/mol. The molecule has 0 aromatic carbocycles. The van der Waals surface area contributed by atoms with E-state index in [0.29, 0.717) is 25.8 Å². The summed E-state index contributed by atoms with van der Waals surface area (Å²) in [4.78, 5) is 45.7. The topological polar surface area (TPSA) is 87.1 Å². The van der Waals surface area contributed by atoms with E-state index < -0.39 is 33.4 Å². The standard InChI is InChI=1S/C28H42N2O5S/c1-5-8-17-35-26(34)22-21-24(32)30(19(7-3)18-31)23(28(21)15-14-27(22,4)36-28)25(33)29(16-6-2)20-12-10-9-11-13-20/h5-6,19-23,31H,1-2,7-18H2,3-4H3/t19-,21-,22-,23?,27+,28?/m0/s1. The van der Waals surface area contributed by atoms with Crippen molar-refractivity contribution in [2.24, 2.45) is 11.8 Å². The lowest BCUT2D eigenvalue weighted by molar-refractivity contribution is -0.156. The molecule has 8 heteroatoms. The van der Waals surface area contributed by atoms with Crippen LogP contribution >= 0.6 is 11.8 Å². The van der Waals surface area contributed by atoms with E-state index in [1.807, 2.05) is 11.8 Å². The summed E-state index contributed by atoms with van der Waals surface area (Å²) in [7, 11) is 0. The van der Waals surface area contributed by atoms with Crippen LogP contribution in [-0.4, -0.2) is 80.1 Å². The smallest absolute Gasteiger partial charge is 0.311 e. The number of aliphatic hydroxyl groups excluding tert-OH is 1. The molecule has 0 aromatic rings. The minimum absolute atomic E-state index is 0.0537. The van der Waals surface area contributed by atoms with Crippen LogP contribution < -0.4 is 0 Å². The summed E-state index contributed by atoms with van der Waals surface area (Å²) in [5.74, 6) is -1.82. The lowest BCUT2D eigenvalue weighted by Gasteiger charge is -2.42. The number of carbonyl (C=O) groups excluding carboxylic acids is 3. The van der Waals surface area contributed by atoms with Crippen molar-refractivity contribution >= 4 is 29.5 Å². The number of hydrogen-bond donors (Lipinski definition) is 1. The molecule has 1 spiro atoms. The fraction of sp³-hybridized carbons (Fsp3) is 0.750. The molecule has 1 aliphatic carbocycles. The molecule has 2 amide bonds. The van der Waals surface area contributed by atoms with Crippen LogP contribution in [0.1, 0.15) is 71.6 Å². The van der Waals surface area contributed by atoms with Gasteiger partial charge in [-0.1, -0.05) is 38.3 Å². The average Bonchev–Trinajstić information content (AvgIpc) is 3.45. The zero-order valence-corrected chi connectivity index (χ0v) is 22.6. The van der Waals surface area contributed by atoms with Gasteiger partial charge in [-0.25, -0.2) is 0 Å². The van der Waals surface area contributed by atoms with Crippen LogP contribution in [0, 0.1) is 11.8 Å². The maximum absolute atomic E-state index is 14.5. The Kier molecular flexibility index (Phi) is 8.25. The highest BCUT2D eigenvalue weighted by atomic mass is 32.2. The average molecular weight is 519 g/mol. The molecule has 4 aliphatic rings. The second-order valence-electron chi connectivity index (χ2n) is 11.0. The molecule has 0 aromatic heterocycles. The predicted molar refractivity (Wildman–Crippen MR) is 141 cm³/mol. The van der Waals surface area contributed by atoms with Gasteiger partial charge >= 0.3 is 5.97 Å². The van der Waals surface area contributed by atoms with Gasteiger partial charge in [0.05, 0.1) is 35.8 Å². The molecule has 3 heterocycles. The Morgan fingerprint density at radius 3 is 2.58 bits per heavy atom. The molecule has 1 saturated carbocycles. The first-order valence-electron chi connectivity index (χ1n) is 13.6. The number of nitrogens with zero attached hydrogens (tertiary/aromatic N) is 2. The van der Waals surface area contributed by atoms with E-state index in [0.717, 1.165) is 32.1 Å². The molecule has 0 radical (unpaired) electrons. The second kappa shape index (κ2) is 10.9. The third-order valence-electron chi connectivity index (χ3n) is 8.97. The van der Waals surface area contributed by atoms with E-state index in [1.165, 1.54) is 6.42 Å². The van der Waals surface area contributed by atoms with E-state index >= 15 is 0 Å². The summed E-state index contributed by atoms with van der Waals surface area (Å²) in [5, 5.41) is 10.3. The number of thioether (sulfide) groups is 1. The van der Waals surface area contributed by atoms with Gasteiger partial charge in [0.1, 0.15) is 6.04 Å². The van der Waals surface area contributed by atoms with Crippen molar-refractivity contribution in [2.75, 3.05) is 19.8 Å². The summed E-state index contributed by atoms with van der Waals surface area (Å²) in [6, 6.07) is -1.04. The summed E-state index contributed by atoms with van der Waals surface area (Å²) in [5.41, 5.74) is 0. The van der Waals surface area contributed by atoms with Crippen molar-refractivity contribution in [3.8, 4) is 0 Å². The molecule has 1 N–H and O–H groups in total. The van der Waals surface area contributed by atoms with Crippen LogP contribution in [0.3, 0.4) is 0 Å². The Labute approximate surface area is 219 Å². The highest BCUT2D eigenvalue weighted by molar-refractivity contribution is 8.02. The summed E-state index contributed by atoms with van der Waals surface area (Å²) in [6.07, 6.45) is 11.3.